The van der Waals surface area contributed by atoms with E-state index in [0.29, 0.717) is 60.5 Å². The molecule has 1 saturated heterocycles. The number of piperidine rings is 1. The van der Waals surface area contributed by atoms with Gasteiger partial charge in [0.1, 0.15) is 5.82 Å². The molecule has 8 nitrogen and oxygen atoms in total. The van der Waals surface area contributed by atoms with Gasteiger partial charge < -0.3 is 19.7 Å². The van der Waals surface area contributed by atoms with Crippen LogP contribution in [0.5, 0.6) is 11.5 Å². The molecular weight excluding hydrogens is 456 g/mol. The van der Waals surface area contributed by atoms with Crippen molar-refractivity contribution in [3.8, 4) is 17.2 Å². The Morgan fingerprint density at radius 3 is 2.53 bits per heavy atom. The number of halogens is 1. The van der Waals surface area contributed by atoms with Gasteiger partial charge in [0.05, 0.1) is 19.9 Å². The second-order valence-electron chi connectivity index (χ2n) is 8.09. The smallest absolute Gasteiger partial charge is 0.271 e. The average Bonchev–Trinajstić information content (AvgIpc) is 2.87. The van der Waals surface area contributed by atoms with Crippen LogP contribution in [0.2, 0.25) is 5.02 Å². The lowest BCUT2D eigenvalue weighted by molar-refractivity contribution is -0.125. The number of nitrogens with one attached hydrogen (secondary N) is 1. The van der Waals surface area contributed by atoms with Crippen LogP contribution in [-0.4, -0.2) is 43.0 Å². The zero-order valence-corrected chi connectivity index (χ0v) is 19.9. The summed E-state index contributed by atoms with van der Waals surface area (Å²) in [6.45, 7) is 1.77. The molecule has 0 atom stereocenters. The molecule has 0 saturated carbocycles. The van der Waals surface area contributed by atoms with Gasteiger partial charge in [0.2, 0.25) is 5.91 Å². The van der Waals surface area contributed by atoms with Crippen molar-refractivity contribution >= 4 is 23.3 Å². The van der Waals surface area contributed by atoms with Gasteiger partial charge in [-0.15, -0.1) is 5.10 Å². The molecule has 2 aromatic carbocycles. The molecule has 0 radical (unpaired) electrons. The number of rotatable bonds is 7. The Bertz CT molecular complexity index is 1220. The van der Waals surface area contributed by atoms with Crippen molar-refractivity contribution in [1.82, 2.24) is 15.1 Å². The Morgan fingerprint density at radius 1 is 1.06 bits per heavy atom. The zero-order valence-electron chi connectivity index (χ0n) is 19.2. The largest absolute Gasteiger partial charge is 0.493 e. The third-order valence-corrected chi connectivity index (χ3v) is 6.18. The van der Waals surface area contributed by atoms with Crippen molar-refractivity contribution in [2.45, 2.75) is 19.4 Å². The van der Waals surface area contributed by atoms with E-state index < -0.39 is 0 Å². The number of hydrogen-bond donors (Lipinski definition) is 1. The lowest BCUT2D eigenvalue weighted by Crippen LogP contribution is -2.41. The number of carbonyl (C=O) groups excluding carboxylic acids is 1. The molecule has 34 heavy (non-hydrogen) atoms. The van der Waals surface area contributed by atoms with Gasteiger partial charge in [0.25, 0.3) is 5.56 Å². The number of carbonyl (C=O) groups is 1. The first-order valence-corrected chi connectivity index (χ1v) is 11.5. The Kier molecular flexibility index (Phi) is 7.37. The minimum Gasteiger partial charge on any atom is -0.493 e. The maximum Gasteiger partial charge on any atom is 0.271 e. The summed E-state index contributed by atoms with van der Waals surface area (Å²) in [5.74, 6) is 1.94. The van der Waals surface area contributed by atoms with Gasteiger partial charge in [-0.3, -0.25) is 9.59 Å². The summed E-state index contributed by atoms with van der Waals surface area (Å²) in [4.78, 5) is 27.2. The van der Waals surface area contributed by atoms with Gasteiger partial charge in [-0.1, -0.05) is 23.7 Å². The molecule has 4 rings (SSSR count). The van der Waals surface area contributed by atoms with Gasteiger partial charge >= 0.3 is 0 Å². The summed E-state index contributed by atoms with van der Waals surface area (Å²) in [7, 11) is 3.18. The Morgan fingerprint density at radius 2 is 1.82 bits per heavy atom. The highest BCUT2D eigenvalue weighted by atomic mass is 35.5. The van der Waals surface area contributed by atoms with E-state index in [-0.39, 0.29) is 17.4 Å². The molecule has 1 aliphatic heterocycles. The Hall–Kier alpha value is -3.52. The van der Waals surface area contributed by atoms with Crippen molar-refractivity contribution in [3.63, 3.8) is 0 Å². The lowest BCUT2D eigenvalue weighted by atomic mass is 9.96. The molecule has 3 aromatic rings. The standard InChI is InChI=1S/C25H27ClN4O4/c1-33-21-7-6-17(14-22(21)34-2)16-27-25(32)18-10-12-29(13-11-18)23-8-9-24(31)30(28-23)20-5-3-4-19(26)15-20/h3-9,14-15,18H,10-13,16H2,1-2H3,(H,27,32). The van der Waals surface area contributed by atoms with E-state index in [1.54, 1.807) is 44.6 Å². The number of aromatic nitrogens is 2. The molecule has 178 valence electrons. The first kappa shape index (κ1) is 23.6. The highest BCUT2D eigenvalue weighted by Crippen LogP contribution is 2.28. The van der Waals surface area contributed by atoms with Gasteiger partial charge in [-0.2, -0.15) is 4.68 Å². The highest BCUT2D eigenvalue weighted by Gasteiger charge is 2.26. The second kappa shape index (κ2) is 10.6. The van der Waals surface area contributed by atoms with Gasteiger partial charge in [-0.25, -0.2) is 0 Å². The van der Waals surface area contributed by atoms with Crippen molar-refractivity contribution in [1.29, 1.82) is 0 Å². The Labute approximate surface area is 203 Å². The lowest BCUT2D eigenvalue weighted by Gasteiger charge is -2.32. The average molecular weight is 483 g/mol. The van der Waals surface area contributed by atoms with Crippen LogP contribution in [0, 0.1) is 5.92 Å². The predicted molar refractivity (Wildman–Crippen MR) is 131 cm³/mol. The number of hydrogen-bond acceptors (Lipinski definition) is 6. The summed E-state index contributed by atoms with van der Waals surface area (Å²) in [5.41, 5.74) is 1.33. The monoisotopic (exact) mass is 482 g/mol. The summed E-state index contributed by atoms with van der Waals surface area (Å²) < 4.78 is 11.9. The maximum atomic E-state index is 12.7. The van der Waals surface area contributed by atoms with Crippen LogP contribution in [0.15, 0.2) is 59.4 Å². The predicted octanol–water partition coefficient (Wildman–Crippen LogP) is 3.44. The van der Waals surface area contributed by atoms with E-state index in [2.05, 4.69) is 15.3 Å². The first-order chi connectivity index (χ1) is 16.5. The topological polar surface area (TPSA) is 85.7 Å². The van der Waals surface area contributed by atoms with E-state index in [9.17, 15) is 9.59 Å². The van der Waals surface area contributed by atoms with E-state index >= 15 is 0 Å². The van der Waals surface area contributed by atoms with E-state index in [1.165, 1.54) is 10.7 Å². The SMILES string of the molecule is COc1ccc(CNC(=O)C2CCN(c3ccc(=O)n(-c4cccc(Cl)c4)n3)CC2)cc1OC. The molecule has 0 spiro atoms. The first-order valence-electron chi connectivity index (χ1n) is 11.1. The van der Waals surface area contributed by atoms with Crippen molar-refractivity contribution < 1.29 is 14.3 Å². The van der Waals surface area contributed by atoms with Crippen LogP contribution < -0.4 is 25.2 Å². The van der Waals surface area contributed by atoms with E-state index in [0.717, 1.165) is 5.56 Å². The normalized spacial score (nSPS) is 14.0. The summed E-state index contributed by atoms with van der Waals surface area (Å²) in [5, 5.41) is 8.10. The van der Waals surface area contributed by atoms with Crippen LogP contribution in [0.1, 0.15) is 18.4 Å². The third-order valence-electron chi connectivity index (χ3n) is 5.94. The number of benzene rings is 2. The van der Waals surface area contributed by atoms with Crippen molar-refractivity contribution in [2.75, 3.05) is 32.2 Å². The minimum atomic E-state index is -0.226. The van der Waals surface area contributed by atoms with Crippen LogP contribution in [0.4, 0.5) is 5.82 Å². The molecule has 1 amide bonds. The summed E-state index contributed by atoms with van der Waals surface area (Å²) >= 11 is 6.07. The zero-order chi connectivity index (χ0) is 24.1. The minimum absolute atomic E-state index is 0.0336. The fourth-order valence-electron chi connectivity index (χ4n) is 4.06. The number of nitrogens with zero attached hydrogens (tertiary/aromatic N) is 3. The van der Waals surface area contributed by atoms with Crippen LogP contribution >= 0.6 is 11.6 Å². The second-order valence-corrected chi connectivity index (χ2v) is 8.53. The molecule has 0 unspecified atom stereocenters. The van der Waals surface area contributed by atoms with Crippen LogP contribution in [0.3, 0.4) is 0 Å². The van der Waals surface area contributed by atoms with Crippen molar-refractivity contribution in [2.24, 2.45) is 5.92 Å². The summed E-state index contributed by atoms with van der Waals surface area (Å²) in [6.07, 6.45) is 1.41. The summed E-state index contributed by atoms with van der Waals surface area (Å²) in [6, 6.07) is 15.9. The third kappa shape index (κ3) is 5.34. The molecule has 1 aliphatic rings. The number of methoxy groups -OCH3 is 2. The Balaban J connectivity index is 1.36. The molecule has 1 fully saturated rings. The molecule has 1 aromatic heterocycles. The van der Waals surface area contributed by atoms with E-state index in [1.807, 2.05) is 18.2 Å². The van der Waals surface area contributed by atoms with Crippen LogP contribution in [0.25, 0.3) is 5.69 Å². The molecule has 0 bridgehead atoms. The fourth-order valence-corrected chi connectivity index (χ4v) is 4.24. The maximum absolute atomic E-state index is 12.7. The van der Waals surface area contributed by atoms with Crippen LogP contribution in [-0.2, 0) is 11.3 Å². The van der Waals surface area contributed by atoms with E-state index in [4.69, 9.17) is 21.1 Å². The van der Waals surface area contributed by atoms with Gasteiger partial charge in [0, 0.05) is 36.6 Å². The molecule has 0 aliphatic carbocycles. The molecule has 1 N–H and O–H groups in total. The highest BCUT2D eigenvalue weighted by molar-refractivity contribution is 6.30. The number of anilines is 1. The van der Waals surface area contributed by atoms with Gasteiger partial charge in [-0.05, 0) is 54.8 Å². The van der Waals surface area contributed by atoms with Crippen molar-refractivity contribution in [3.05, 3.63) is 75.5 Å². The quantitative estimate of drug-likeness (QED) is 0.555. The number of ether oxygens (including phenoxy) is 2. The molecular formula is C25H27ClN4O4. The number of amides is 1. The molecule has 2 heterocycles. The molecule has 9 heteroatoms. The fraction of sp³-hybridized carbons (Fsp3) is 0.320. The van der Waals surface area contributed by atoms with Gasteiger partial charge in [0.15, 0.2) is 11.5 Å².